The SMILES string of the molecule is COc1cc(NC(=O)OCCCN2CCCNCC2)cc(OC)c1O. The van der Waals surface area contributed by atoms with Gasteiger partial charge in [0, 0.05) is 31.8 Å². The van der Waals surface area contributed by atoms with Crippen LogP contribution in [0.3, 0.4) is 0 Å². The van der Waals surface area contributed by atoms with Gasteiger partial charge >= 0.3 is 6.09 Å². The summed E-state index contributed by atoms with van der Waals surface area (Å²) in [6.07, 6.45) is 1.38. The molecular weight excluding hydrogens is 326 g/mol. The number of hydrogen-bond acceptors (Lipinski definition) is 7. The fourth-order valence-electron chi connectivity index (χ4n) is 2.70. The molecule has 8 heteroatoms. The molecule has 0 aromatic heterocycles. The fourth-order valence-corrected chi connectivity index (χ4v) is 2.70. The standard InChI is InChI=1S/C17H27N3O5/c1-23-14-11-13(12-15(24-2)16(14)21)19-17(22)25-10-4-8-20-7-3-5-18-6-9-20/h11-12,18,21H,3-10H2,1-2H3,(H,19,22). The lowest BCUT2D eigenvalue weighted by molar-refractivity contribution is 0.153. The number of carbonyl (C=O) groups is 1. The lowest BCUT2D eigenvalue weighted by atomic mass is 10.2. The first-order valence-corrected chi connectivity index (χ1v) is 8.46. The van der Waals surface area contributed by atoms with Crippen molar-refractivity contribution in [2.24, 2.45) is 0 Å². The summed E-state index contributed by atoms with van der Waals surface area (Å²) < 4.78 is 15.3. The molecule has 0 spiro atoms. The van der Waals surface area contributed by atoms with Crippen LogP contribution in [0, 0.1) is 0 Å². The minimum atomic E-state index is -0.549. The van der Waals surface area contributed by atoms with E-state index in [2.05, 4.69) is 15.5 Å². The van der Waals surface area contributed by atoms with Crippen molar-refractivity contribution in [3.63, 3.8) is 0 Å². The second kappa shape index (κ2) is 9.95. The molecular formula is C17H27N3O5. The van der Waals surface area contributed by atoms with Crippen LogP contribution in [0.25, 0.3) is 0 Å². The number of nitrogens with one attached hydrogen (secondary N) is 2. The number of benzene rings is 1. The van der Waals surface area contributed by atoms with Gasteiger partial charge in [0.05, 0.1) is 26.5 Å². The number of phenolic OH excluding ortho intramolecular Hbond substituents is 1. The lowest BCUT2D eigenvalue weighted by Crippen LogP contribution is -2.30. The molecule has 0 aliphatic carbocycles. The van der Waals surface area contributed by atoms with E-state index in [-0.39, 0.29) is 17.2 Å². The second-order valence-corrected chi connectivity index (χ2v) is 5.79. The maximum Gasteiger partial charge on any atom is 0.411 e. The number of anilines is 1. The van der Waals surface area contributed by atoms with Crippen LogP contribution in [-0.2, 0) is 4.74 Å². The first-order chi connectivity index (χ1) is 12.1. The van der Waals surface area contributed by atoms with Gasteiger partial charge in [-0.2, -0.15) is 0 Å². The van der Waals surface area contributed by atoms with Crippen LogP contribution in [0.2, 0.25) is 0 Å². The average molecular weight is 353 g/mol. The Morgan fingerprint density at radius 1 is 1.24 bits per heavy atom. The fraction of sp³-hybridized carbons (Fsp3) is 0.588. The maximum absolute atomic E-state index is 11.9. The molecule has 1 fully saturated rings. The van der Waals surface area contributed by atoms with Crippen LogP contribution >= 0.6 is 0 Å². The van der Waals surface area contributed by atoms with Crippen LogP contribution in [0.5, 0.6) is 17.2 Å². The van der Waals surface area contributed by atoms with Gasteiger partial charge in [-0.05, 0) is 25.9 Å². The largest absolute Gasteiger partial charge is 0.502 e. The molecule has 25 heavy (non-hydrogen) atoms. The Balaban J connectivity index is 1.76. The maximum atomic E-state index is 11.9. The number of aromatic hydroxyl groups is 1. The topological polar surface area (TPSA) is 92.3 Å². The number of methoxy groups -OCH3 is 2. The molecule has 0 unspecified atom stereocenters. The number of rotatable bonds is 7. The zero-order chi connectivity index (χ0) is 18.1. The van der Waals surface area contributed by atoms with E-state index in [4.69, 9.17) is 14.2 Å². The van der Waals surface area contributed by atoms with Crippen LogP contribution in [0.15, 0.2) is 12.1 Å². The molecule has 3 N–H and O–H groups in total. The summed E-state index contributed by atoms with van der Waals surface area (Å²) >= 11 is 0. The number of nitrogens with zero attached hydrogens (tertiary/aromatic N) is 1. The third kappa shape index (κ3) is 5.99. The molecule has 1 aromatic rings. The molecule has 0 atom stereocenters. The van der Waals surface area contributed by atoms with Crippen LogP contribution in [0.4, 0.5) is 10.5 Å². The van der Waals surface area contributed by atoms with E-state index >= 15 is 0 Å². The van der Waals surface area contributed by atoms with E-state index in [1.807, 2.05) is 0 Å². The minimum Gasteiger partial charge on any atom is -0.502 e. The highest BCUT2D eigenvalue weighted by molar-refractivity contribution is 5.85. The summed E-state index contributed by atoms with van der Waals surface area (Å²) in [5, 5.41) is 15.8. The van der Waals surface area contributed by atoms with Crippen molar-refractivity contribution < 1.29 is 24.1 Å². The quantitative estimate of drug-likeness (QED) is 0.507. The van der Waals surface area contributed by atoms with Crippen LogP contribution in [0.1, 0.15) is 12.8 Å². The highest BCUT2D eigenvalue weighted by atomic mass is 16.5. The molecule has 8 nitrogen and oxygen atoms in total. The first kappa shape index (κ1) is 19.1. The number of phenols is 1. The predicted molar refractivity (Wildman–Crippen MR) is 94.7 cm³/mol. The van der Waals surface area contributed by atoms with E-state index < -0.39 is 6.09 Å². The predicted octanol–water partition coefficient (Wildman–Crippen LogP) is 1.64. The molecule has 1 amide bonds. The molecule has 1 saturated heterocycles. The lowest BCUT2D eigenvalue weighted by Gasteiger charge is -2.19. The third-order valence-corrected chi connectivity index (χ3v) is 4.01. The van der Waals surface area contributed by atoms with E-state index in [1.54, 1.807) is 0 Å². The van der Waals surface area contributed by atoms with Gasteiger partial charge in [-0.1, -0.05) is 0 Å². The van der Waals surface area contributed by atoms with Crippen molar-refractivity contribution in [2.45, 2.75) is 12.8 Å². The van der Waals surface area contributed by atoms with Crippen molar-refractivity contribution in [1.82, 2.24) is 10.2 Å². The van der Waals surface area contributed by atoms with Crippen molar-refractivity contribution in [3.8, 4) is 17.2 Å². The Labute approximate surface area is 148 Å². The zero-order valence-electron chi connectivity index (χ0n) is 14.8. The molecule has 140 valence electrons. The van der Waals surface area contributed by atoms with E-state index in [1.165, 1.54) is 26.4 Å². The van der Waals surface area contributed by atoms with Gasteiger partial charge in [0.2, 0.25) is 5.75 Å². The van der Waals surface area contributed by atoms with Gasteiger partial charge in [0.25, 0.3) is 0 Å². The summed E-state index contributed by atoms with van der Waals surface area (Å²) in [5.41, 5.74) is 0.426. The van der Waals surface area contributed by atoms with Gasteiger partial charge < -0.3 is 29.5 Å². The van der Waals surface area contributed by atoms with Crippen LogP contribution < -0.4 is 20.1 Å². The molecule has 2 rings (SSSR count). The van der Waals surface area contributed by atoms with Gasteiger partial charge in [-0.3, -0.25) is 5.32 Å². The molecule has 1 heterocycles. The molecule has 1 aliphatic rings. The van der Waals surface area contributed by atoms with Crippen LogP contribution in [-0.4, -0.2) is 69.6 Å². The van der Waals surface area contributed by atoms with Crippen molar-refractivity contribution in [3.05, 3.63) is 12.1 Å². The smallest absolute Gasteiger partial charge is 0.411 e. The van der Waals surface area contributed by atoms with E-state index in [0.717, 1.165) is 45.6 Å². The first-order valence-electron chi connectivity index (χ1n) is 8.46. The Bertz CT molecular complexity index is 534. The third-order valence-electron chi connectivity index (χ3n) is 4.01. The highest BCUT2D eigenvalue weighted by Gasteiger charge is 2.13. The van der Waals surface area contributed by atoms with E-state index in [0.29, 0.717) is 12.3 Å². The average Bonchev–Trinajstić information content (AvgIpc) is 2.88. The van der Waals surface area contributed by atoms with Crippen molar-refractivity contribution in [2.75, 3.05) is 58.9 Å². The summed E-state index contributed by atoms with van der Waals surface area (Å²) in [5.74, 6) is 0.310. The summed E-state index contributed by atoms with van der Waals surface area (Å²) in [6.45, 7) is 5.43. The second-order valence-electron chi connectivity index (χ2n) is 5.79. The van der Waals surface area contributed by atoms with Gasteiger partial charge in [-0.25, -0.2) is 4.79 Å². The number of ether oxygens (including phenoxy) is 3. The molecule has 0 radical (unpaired) electrons. The Kier molecular flexibility index (Phi) is 7.62. The number of hydrogen-bond donors (Lipinski definition) is 3. The Hall–Kier alpha value is -2.19. The van der Waals surface area contributed by atoms with Crippen molar-refractivity contribution in [1.29, 1.82) is 0 Å². The van der Waals surface area contributed by atoms with Gasteiger partial charge in [-0.15, -0.1) is 0 Å². The monoisotopic (exact) mass is 353 g/mol. The summed E-state index contributed by atoms with van der Waals surface area (Å²) in [6, 6.07) is 3.01. The normalized spacial score (nSPS) is 15.3. The molecule has 1 aromatic carbocycles. The van der Waals surface area contributed by atoms with Crippen molar-refractivity contribution >= 4 is 11.8 Å². The number of carbonyl (C=O) groups excluding carboxylic acids is 1. The highest BCUT2D eigenvalue weighted by Crippen LogP contribution is 2.38. The molecule has 0 saturated carbocycles. The summed E-state index contributed by atoms with van der Waals surface area (Å²) in [4.78, 5) is 14.3. The molecule has 1 aliphatic heterocycles. The summed E-state index contributed by atoms with van der Waals surface area (Å²) in [7, 11) is 2.85. The molecule has 0 bridgehead atoms. The van der Waals surface area contributed by atoms with Gasteiger partial charge in [0.1, 0.15) is 0 Å². The minimum absolute atomic E-state index is 0.115. The van der Waals surface area contributed by atoms with E-state index in [9.17, 15) is 9.90 Å². The Morgan fingerprint density at radius 3 is 2.64 bits per heavy atom. The zero-order valence-corrected chi connectivity index (χ0v) is 14.8. The number of amides is 1. The van der Waals surface area contributed by atoms with Gasteiger partial charge in [0.15, 0.2) is 11.5 Å². The Morgan fingerprint density at radius 2 is 1.96 bits per heavy atom.